The molecule has 1 heterocycles. The number of aryl methyl sites for hydroxylation is 2. The molecule has 1 aromatic heterocycles. The van der Waals surface area contributed by atoms with Gasteiger partial charge >= 0.3 is 0 Å². The number of hydrogen-bond acceptors (Lipinski definition) is 3. The molecule has 16 heavy (non-hydrogen) atoms. The van der Waals surface area contributed by atoms with E-state index in [4.69, 9.17) is 5.73 Å². The molecule has 0 aromatic carbocycles. The third-order valence-electron chi connectivity index (χ3n) is 3.48. The Morgan fingerprint density at radius 2 is 2.06 bits per heavy atom. The summed E-state index contributed by atoms with van der Waals surface area (Å²) in [6.45, 7) is 2.15. The Hall–Kier alpha value is -0.900. The maximum absolute atomic E-state index is 6.36. The van der Waals surface area contributed by atoms with Crippen LogP contribution in [-0.4, -0.2) is 20.3 Å². The molecule has 2 N–H and O–H groups in total. The van der Waals surface area contributed by atoms with Crippen LogP contribution in [0.25, 0.3) is 0 Å². The molecule has 1 fully saturated rings. The molecule has 1 aliphatic rings. The molecule has 1 saturated carbocycles. The highest BCUT2D eigenvalue weighted by molar-refractivity contribution is 5.02. The van der Waals surface area contributed by atoms with E-state index >= 15 is 0 Å². The van der Waals surface area contributed by atoms with Gasteiger partial charge in [-0.3, -0.25) is 4.68 Å². The lowest BCUT2D eigenvalue weighted by molar-refractivity contribution is 0.418. The average molecular weight is 222 g/mol. The van der Waals surface area contributed by atoms with Crippen LogP contribution in [-0.2, 0) is 19.9 Å². The van der Waals surface area contributed by atoms with Crippen molar-refractivity contribution in [2.24, 2.45) is 12.8 Å². The van der Waals surface area contributed by atoms with E-state index in [0.717, 1.165) is 43.8 Å². The van der Waals surface area contributed by atoms with Crippen LogP contribution in [0.3, 0.4) is 0 Å². The fourth-order valence-electron chi connectivity index (χ4n) is 2.53. The predicted molar refractivity (Wildman–Crippen MR) is 64.1 cm³/mol. The monoisotopic (exact) mass is 222 g/mol. The van der Waals surface area contributed by atoms with Gasteiger partial charge in [0.05, 0.1) is 0 Å². The average Bonchev–Trinajstić information content (AvgIpc) is 2.76. The second kappa shape index (κ2) is 4.53. The van der Waals surface area contributed by atoms with Crippen molar-refractivity contribution in [1.29, 1.82) is 0 Å². The van der Waals surface area contributed by atoms with E-state index in [9.17, 15) is 0 Å². The van der Waals surface area contributed by atoms with E-state index in [2.05, 4.69) is 17.0 Å². The van der Waals surface area contributed by atoms with Crippen molar-refractivity contribution in [3.05, 3.63) is 11.6 Å². The first kappa shape index (κ1) is 11.6. The maximum Gasteiger partial charge on any atom is 0.150 e. The van der Waals surface area contributed by atoms with E-state index in [1.165, 1.54) is 12.8 Å². The molecular weight excluding hydrogens is 200 g/mol. The Labute approximate surface area is 97.2 Å². The Kier molecular flexibility index (Phi) is 3.28. The summed E-state index contributed by atoms with van der Waals surface area (Å²) in [5, 5.41) is 4.42. The molecule has 4 heteroatoms. The van der Waals surface area contributed by atoms with Gasteiger partial charge in [-0.1, -0.05) is 19.8 Å². The van der Waals surface area contributed by atoms with E-state index in [1.807, 2.05) is 11.7 Å². The highest BCUT2D eigenvalue weighted by Gasteiger charge is 2.31. The lowest BCUT2D eigenvalue weighted by Crippen LogP contribution is -2.39. The summed E-state index contributed by atoms with van der Waals surface area (Å²) < 4.78 is 1.90. The van der Waals surface area contributed by atoms with Gasteiger partial charge in [0.25, 0.3) is 0 Å². The van der Waals surface area contributed by atoms with Gasteiger partial charge in [-0.15, -0.1) is 0 Å². The maximum atomic E-state index is 6.36. The first-order chi connectivity index (χ1) is 7.63. The van der Waals surface area contributed by atoms with Crippen molar-refractivity contribution >= 4 is 0 Å². The van der Waals surface area contributed by atoms with Crippen LogP contribution in [0, 0.1) is 0 Å². The summed E-state index contributed by atoms with van der Waals surface area (Å²) >= 11 is 0. The van der Waals surface area contributed by atoms with Crippen LogP contribution >= 0.6 is 0 Å². The number of nitrogens with two attached hydrogens (primary N) is 1. The standard InChI is InChI=1S/C12H22N4/c1-3-6-10-14-11(16(2)15-10)9-12(13)7-4-5-8-12/h3-9,13H2,1-2H3. The van der Waals surface area contributed by atoms with Crippen molar-refractivity contribution < 1.29 is 0 Å². The zero-order valence-electron chi connectivity index (χ0n) is 10.4. The molecule has 1 aliphatic carbocycles. The van der Waals surface area contributed by atoms with Crippen LogP contribution in [0.5, 0.6) is 0 Å². The third kappa shape index (κ3) is 2.43. The third-order valence-corrected chi connectivity index (χ3v) is 3.48. The Bertz CT molecular complexity index is 350. The van der Waals surface area contributed by atoms with Gasteiger partial charge in [-0.05, 0) is 19.3 Å². The van der Waals surface area contributed by atoms with E-state index < -0.39 is 0 Å². The van der Waals surface area contributed by atoms with E-state index in [0.29, 0.717) is 0 Å². The number of rotatable bonds is 4. The van der Waals surface area contributed by atoms with Crippen molar-refractivity contribution in [2.75, 3.05) is 0 Å². The number of hydrogen-bond donors (Lipinski definition) is 1. The van der Waals surface area contributed by atoms with Crippen LogP contribution < -0.4 is 5.73 Å². The lowest BCUT2D eigenvalue weighted by atomic mass is 9.94. The number of nitrogens with zero attached hydrogens (tertiary/aromatic N) is 3. The molecule has 2 rings (SSSR count). The summed E-state index contributed by atoms with van der Waals surface area (Å²) in [6.07, 6.45) is 7.71. The molecule has 4 nitrogen and oxygen atoms in total. The van der Waals surface area contributed by atoms with Gasteiger partial charge in [-0.25, -0.2) is 4.98 Å². The summed E-state index contributed by atoms with van der Waals surface area (Å²) in [7, 11) is 1.97. The molecular formula is C12H22N4. The summed E-state index contributed by atoms with van der Waals surface area (Å²) in [5.74, 6) is 2.01. The summed E-state index contributed by atoms with van der Waals surface area (Å²) in [5.41, 5.74) is 6.34. The van der Waals surface area contributed by atoms with Crippen LogP contribution in [0.15, 0.2) is 0 Å². The van der Waals surface area contributed by atoms with Crippen molar-refractivity contribution in [3.63, 3.8) is 0 Å². The first-order valence-electron chi connectivity index (χ1n) is 6.31. The Morgan fingerprint density at radius 3 is 2.69 bits per heavy atom. The molecule has 0 atom stereocenters. The van der Waals surface area contributed by atoms with Crippen molar-refractivity contribution in [2.45, 2.75) is 57.4 Å². The van der Waals surface area contributed by atoms with Crippen LogP contribution in [0.4, 0.5) is 0 Å². The quantitative estimate of drug-likeness (QED) is 0.841. The summed E-state index contributed by atoms with van der Waals surface area (Å²) in [4.78, 5) is 4.58. The minimum absolute atomic E-state index is 0.0235. The second-order valence-electron chi connectivity index (χ2n) is 5.06. The second-order valence-corrected chi connectivity index (χ2v) is 5.06. The molecule has 90 valence electrons. The van der Waals surface area contributed by atoms with Crippen molar-refractivity contribution in [1.82, 2.24) is 14.8 Å². The SMILES string of the molecule is CCCc1nc(CC2(N)CCCC2)n(C)n1. The van der Waals surface area contributed by atoms with Crippen LogP contribution in [0.1, 0.15) is 50.7 Å². The molecule has 0 aliphatic heterocycles. The van der Waals surface area contributed by atoms with Gasteiger partial charge in [0.15, 0.2) is 5.82 Å². The van der Waals surface area contributed by atoms with Crippen LogP contribution in [0.2, 0.25) is 0 Å². The van der Waals surface area contributed by atoms with Gasteiger partial charge in [0.1, 0.15) is 5.82 Å². The zero-order valence-corrected chi connectivity index (χ0v) is 10.4. The van der Waals surface area contributed by atoms with Gasteiger partial charge in [0, 0.05) is 25.4 Å². The molecule has 0 radical (unpaired) electrons. The first-order valence-corrected chi connectivity index (χ1v) is 6.31. The van der Waals surface area contributed by atoms with E-state index in [1.54, 1.807) is 0 Å². The Morgan fingerprint density at radius 1 is 1.38 bits per heavy atom. The smallest absolute Gasteiger partial charge is 0.150 e. The highest BCUT2D eigenvalue weighted by Crippen LogP contribution is 2.29. The highest BCUT2D eigenvalue weighted by atomic mass is 15.3. The molecule has 0 bridgehead atoms. The molecule has 0 unspecified atom stereocenters. The molecule has 0 saturated heterocycles. The van der Waals surface area contributed by atoms with Gasteiger partial charge < -0.3 is 5.73 Å². The van der Waals surface area contributed by atoms with Crippen molar-refractivity contribution in [3.8, 4) is 0 Å². The topological polar surface area (TPSA) is 56.7 Å². The predicted octanol–water partition coefficient (Wildman–Crippen LogP) is 1.58. The lowest BCUT2D eigenvalue weighted by Gasteiger charge is -2.22. The zero-order chi connectivity index (χ0) is 11.6. The number of aromatic nitrogens is 3. The van der Waals surface area contributed by atoms with E-state index in [-0.39, 0.29) is 5.54 Å². The molecule has 0 spiro atoms. The Balaban J connectivity index is 2.08. The molecule has 1 aromatic rings. The van der Waals surface area contributed by atoms with Gasteiger partial charge in [-0.2, -0.15) is 5.10 Å². The fourth-order valence-corrected chi connectivity index (χ4v) is 2.53. The summed E-state index contributed by atoms with van der Waals surface area (Å²) in [6, 6.07) is 0. The normalized spacial score (nSPS) is 19.2. The molecule has 0 amide bonds. The fraction of sp³-hybridized carbons (Fsp3) is 0.833. The largest absolute Gasteiger partial charge is 0.325 e. The minimum Gasteiger partial charge on any atom is -0.325 e. The van der Waals surface area contributed by atoms with Gasteiger partial charge in [0.2, 0.25) is 0 Å². The minimum atomic E-state index is -0.0235.